The van der Waals surface area contributed by atoms with Gasteiger partial charge in [-0.2, -0.15) is 11.8 Å². The largest absolute Gasteiger partial charge is 1.00 e. The molecular formula is C16H30NNaO6S2. The SMILES string of the molecule is COC(CCCCSCCC(=O)NC(C)(C)CS(=O)(=O)[O-])CC(C)=O.[Na+]. The molecule has 10 heteroatoms. The van der Waals surface area contributed by atoms with Crippen molar-refractivity contribution in [1.29, 1.82) is 0 Å². The number of ether oxygens (including phenoxy) is 1. The molecule has 0 aliphatic rings. The van der Waals surface area contributed by atoms with Crippen LogP contribution in [-0.2, 0) is 24.4 Å². The molecule has 0 saturated carbocycles. The first-order valence-corrected chi connectivity index (χ1v) is 11.0. The van der Waals surface area contributed by atoms with Crippen LogP contribution in [0.4, 0.5) is 0 Å². The second-order valence-electron chi connectivity index (χ2n) is 6.76. The van der Waals surface area contributed by atoms with E-state index in [2.05, 4.69) is 5.32 Å². The maximum atomic E-state index is 11.8. The summed E-state index contributed by atoms with van der Waals surface area (Å²) in [7, 11) is -2.77. The third-order valence-corrected chi connectivity index (χ3v) is 5.55. The van der Waals surface area contributed by atoms with E-state index in [1.165, 1.54) is 13.8 Å². The van der Waals surface area contributed by atoms with E-state index in [0.29, 0.717) is 12.2 Å². The van der Waals surface area contributed by atoms with Crippen LogP contribution in [0, 0.1) is 0 Å². The molecule has 0 radical (unpaired) electrons. The van der Waals surface area contributed by atoms with E-state index in [9.17, 15) is 22.6 Å². The van der Waals surface area contributed by atoms with Crippen LogP contribution in [0.5, 0.6) is 0 Å². The van der Waals surface area contributed by atoms with Crippen LogP contribution in [0.15, 0.2) is 0 Å². The molecule has 1 N–H and O–H groups in total. The smallest absolute Gasteiger partial charge is 0.748 e. The Morgan fingerprint density at radius 2 is 1.85 bits per heavy atom. The number of rotatable bonds is 14. The summed E-state index contributed by atoms with van der Waals surface area (Å²) in [5.41, 5.74) is -1.06. The fourth-order valence-corrected chi connectivity index (χ4v) is 4.28. The first-order chi connectivity index (χ1) is 11.4. The summed E-state index contributed by atoms with van der Waals surface area (Å²) in [6.45, 7) is 4.59. The van der Waals surface area contributed by atoms with Crippen molar-refractivity contribution in [2.75, 3.05) is 24.4 Å². The summed E-state index contributed by atoms with van der Waals surface area (Å²) in [5, 5.41) is 2.58. The van der Waals surface area contributed by atoms with Gasteiger partial charge in [-0.25, -0.2) is 8.42 Å². The van der Waals surface area contributed by atoms with Crippen molar-refractivity contribution in [2.45, 2.75) is 64.5 Å². The molecule has 0 aromatic carbocycles. The first kappa shape index (κ1) is 28.6. The van der Waals surface area contributed by atoms with Gasteiger partial charge >= 0.3 is 29.6 Å². The number of unbranched alkanes of at least 4 members (excludes halogenated alkanes) is 1. The quantitative estimate of drug-likeness (QED) is 0.212. The molecule has 1 atom stereocenters. The van der Waals surface area contributed by atoms with Gasteiger partial charge in [0.05, 0.1) is 22.0 Å². The summed E-state index contributed by atoms with van der Waals surface area (Å²) < 4.78 is 37.6. The predicted molar refractivity (Wildman–Crippen MR) is 98.7 cm³/mol. The molecule has 0 aliphatic carbocycles. The Morgan fingerprint density at radius 1 is 1.23 bits per heavy atom. The van der Waals surface area contributed by atoms with Gasteiger partial charge in [-0.05, 0) is 39.4 Å². The predicted octanol–water partition coefficient (Wildman–Crippen LogP) is -1.28. The zero-order chi connectivity index (χ0) is 19.5. The Kier molecular flexibility index (Phi) is 15.8. The van der Waals surface area contributed by atoms with E-state index < -0.39 is 21.4 Å². The van der Waals surface area contributed by atoms with E-state index in [1.54, 1.807) is 25.8 Å². The number of hydrogen-bond acceptors (Lipinski definition) is 7. The third kappa shape index (κ3) is 17.8. The van der Waals surface area contributed by atoms with Gasteiger partial charge in [0.2, 0.25) is 5.91 Å². The van der Waals surface area contributed by atoms with Crippen molar-refractivity contribution in [2.24, 2.45) is 0 Å². The van der Waals surface area contributed by atoms with Gasteiger partial charge in [-0.1, -0.05) is 6.42 Å². The fraction of sp³-hybridized carbons (Fsp3) is 0.875. The van der Waals surface area contributed by atoms with Crippen LogP contribution >= 0.6 is 11.8 Å². The number of carbonyl (C=O) groups is 2. The summed E-state index contributed by atoms with van der Waals surface area (Å²) in [6, 6.07) is 0. The minimum atomic E-state index is -4.38. The summed E-state index contributed by atoms with van der Waals surface area (Å²) >= 11 is 1.65. The monoisotopic (exact) mass is 419 g/mol. The van der Waals surface area contributed by atoms with Gasteiger partial charge in [-0.15, -0.1) is 0 Å². The summed E-state index contributed by atoms with van der Waals surface area (Å²) in [5.74, 6) is 0.775. The number of nitrogens with one attached hydrogen (secondary N) is 1. The van der Waals surface area contributed by atoms with Crippen molar-refractivity contribution < 1.29 is 56.9 Å². The Labute approximate surface area is 183 Å². The number of amides is 1. The number of Topliss-reactive ketones (excluding diaryl/α,β-unsaturated/α-hetero) is 1. The molecule has 0 heterocycles. The van der Waals surface area contributed by atoms with Crippen LogP contribution in [0.3, 0.4) is 0 Å². The molecule has 0 spiro atoms. The van der Waals surface area contributed by atoms with Crippen LogP contribution in [-0.4, -0.2) is 60.7 Å². The van der Waals surface area contributed by atoms with Crippen LogP contribution in [0.1, 0.15) is 52.9 Å². The Balaban J connectivity index is 0. The fourth-order valence-electron chi connectivity index (χ4n) is 2.38. The zero-order valence-electron chi connectivity index (χ0n) is 16.5. The zero-order valence-corrected chi connectivity index (χ0v) is 20.1. The number of hydrogen-bond donors (Lipinski definition) is 1. The maximum Gasteiger partial charge on any atom is 1.00 e. The average Bonchev–Trinajstić information content (AvgIpc) is 2.41. The normalized spacial score (nSPS) is 13.0. The number of thioether (sulfide) groups is 1. The second-order valence-corrected chi connectivity index (χ2v) is 9.38. The maximum absolute atomic E-state index is 11.8. The Bertz CT molecular complexity index is 525. The topological polar surface area (TPSA) is 113 Å². The third-order valence-electron chi connectivity index (χ3n) is 3.40. The molecule has 0 fully saturated rings. The number of ketones is 1. The van der Waals surface area contributed by atoms with Crippen LogP contribution < -0.4 is 34.9 Å². The first-order valence-electron chi connectivity index (χ1n) is 8.30. The molecule has 7 nitrogen and oxygen atoms in total. The molecule has 0 aliphatic heterocycles. The van der Waals surface area contributed by atoms with Gasteiger partial charge in [0.25, 0.3) is 0 Å². The van der Waals surface area contributed by atoms with E-state index in [1.807, 2.05) is 0 Å². The van der Waals surface area contributed by atoms with Crippen LogP contribution in [0.25, 0.3) is 0 Å². The minimum Gasteiger partial charge on any atom is -0.748 e. The van der Waals surface area contributed by atoms with Crippen LogP contribution in [0.2, 0.25) is 0 Å². The standard InChI is InChI=1S/C16H31NO6S2.Na/c1-13(18)11-14(23-4)7-5-6-9-24-10-8-15(19)17-16(2,3)12-25(20,21)22;/h14H,5-12H2,1-4H3,(H,17,19)(H,20,21,22);/q;+1/p-1. The van der Waals surface area contributed by atoms with Crippen molar-refractivity contribution in [3.05, 3.63) is 0 Å². The molecule has 26 heavy (non-hydrogen) atoms. The number of carbonyl (C=O) groups excluding carboxylic acids is 2. The Morgan fingerprint density at radius 3 is 2.35 bits per heavy atom. The molecule has 1 unspecified atom stereocenters. The van der Waals surface area contributed by atoms with E-state index >= 15 is 0 Å². The van der Waals surface area contributed by atoms with Gasteiger partial charge in [0.15, 0.2) is 0 Å². The molecule has 0 aromatic heterocycles. The van der Waals surface area contributed by atoms with Gasteiger partial charge in [0, 0.05) is 31.2 Å². The van der Waals surface area contributed by atoms with Crippen molar-refractivity contribution >= 4 is 33.6 Å². The molecular weight excluding hydrogens is 389 g/mol. The van der Waals surface area contributed by atoms with Crippen molar-refractivity contribution in [3.63, 3.8) is 0 Å². The minimum absolute atomic E-state index is 0. The van der Waals surface area contributed by atoms with Crippen molar-refractivity contribution in [3.8, 4) is 0 Å². The molecule has 0 rings (SSSR count). The van der Waals surface area contributed by atoms with Gasteiger partial charge in [0.1, 0.15) is 5.78 Å². The molecule has 0 bridgehead atoms. The molecule has 0 aromatic rings. The molecule has 1 amide bonds. The Hall–Kier alpha value is 0.360. The van der Waals surface area contributed by atoms with Gasteiger partial charge < -0.3 is 14.6 Å². The van der Waals surface area contributed by atoms with E-state index in [-0.39, 0.29) is 53.8 Å². The molecule has 0 saturated heterocycles. The van der Waals surface area contributed by atoms with Crippen molar-refractivity contribution in [1.82, 2.24) is 5.32 Å². The second kappa shape index (κ2) is 14.4. The number of methoxy groups -OCH3 is 1. The molecule has 148 valence electrons. The van der Waals surface area contributed by atoms with E-state index in [0.717, 1.165) is 25.0 Å². The van der Waals surface area contributed by atoms with Gasteiger partial charge in [-0.3, -0.25) is 9.59 Å². The van der Waals surface area contributed by atoms with E-state index in [4.69, 9.17) is 4.74 Å². The average molecular weight is 420 g/mol. The summed E-state index contributed by atoms with van der Waals surface area (Å²) in [4.78, 5) is 22.8. The summed E-state index contributed by atoms with van der Waals surface area (Å²) in [6.07, 6.45) is 3.47.